The molecule has 16 heavy (non-hydrogen) atoms. The smallest absolute Gasteiger partial charge is 0.196 e. The highest BCUT2D eigenvalue weighted by Gasteiger charge is 2.10. The van der Waals surface area contributed by atoms with E-state index in [-0.39, 0.29) is 5.78 Å². The van der Waals surface area contributed by atoms with Crippen LogP contribution < -0.4 is 4.90 Å². The van der Waals surface area contributed by atoms with Gasteiger partial charge in [-0.1, -0.05) is 0 Å². The molecule has 0 aliphatic rings. The van der Waals surface area contributed by atoms with Gasteiger partial charge >= 0.3 is 0 Å². The van der Waals surface area contributed by atoms with E-state index >= 15 is 0 Å². The van der Waals surface area contributed by atoms with Crippen molar-refractivity contribution in [3.05, 3.63) is 40.3 Å². The van der Waals surface area contributed by atoms with Crippen molar-refractivity contribution in [1.82, 2.24) is 0 Å². The number of Topliss-reactive ketones (excluding diaryl/α,β-unsaturated/α-hetero) is 1. The number of anilines is 1. The minimum absolute atomic E-state index is 0.0461. The Morgan fingerprint density at radius 3 is 2.81 bits per heavy atom. The van der Waals surface area contributed by atoms with Crippen molar-refractivity contribution >= 4 is 23.0 Å². The van der Waals surface area contributed by atoms with Crippen molar-refractivity contribution < 1.29 is 9.21 Å². The summed E-state index contributed by atoms with van der Waals surface area (Å²) in [5.41, 5.74) is 1.24. The molecule has 0 N–H and O–H groups in total. The van der Waals surface area contributed by atoms with Gasteiger partial charge in [-0.3, -0.25) is 4.79 Å². The Balaban J connectivity index is 2.08. The van der Waals surface area contributed by atoms with Crippen molar-refractivity contribution in [1.29, 1.82) is 0 Å². The third kappa shape index (κ3) is 2.33. The molecule has 4 heteroatoms. The lowest BCUT2D eigenvalue weighted by atomic mass is 10.3. The number of thiophene rings is 1. The first-order chi connectivity index (χ1) is 7.66. The number of ketones is 1. The largest absolute Gasteiger partial charge is 0.437 e. The number of furan rings is 1. The lowest BCUT2D eigenvalue weighted by molar-refractivity contribution is 0.0988. The monoisotopic (exact) mass is 235 g/mol. The van der Waals surface area contributed by atoms with Crippen LogP contribution >= 0.6 is 11.3 Å². The highest BCUT2D eigenvalue weighted by molar-refractivity contribution is 7.07. The maximum Gasteiger partial charge on any atom is 0.196 e. The highest BCUT2D eigenvalue weighted by atomic mass is 32.1. The molecule has 0 radical (unpaired) electrons. The molecule has 2 rings (SSSR count). The molecule has 0 fully saturated rings. The van der Waals surface area contributed by atoms with Gasteiger partial charge in [0.2, 0.25) is 0 Å². The van der Waals surface area contributed by atoms with Crippen molar-refractivity contribution in [2.24, 2.45) is 0 Å². The minimum Gasteiger partial charge on any atom is -0.437 e. The molecule has 2 aromatic heterocycles. The fraction of sp³-hybridized carbons (Fsp3) is 0.250. The molecule has 0 atom stereocenters. The van der Waals surface area contributed by atoms with E-state index in [0.717, 1.165) is 12.4 Å². The van der Waals surface area contributed by atoms with Crippen LogP contribution in [0.5, 0.6) is 0 Å². The SMILES string of the molecule is CC(=O)c1ccc(N(C)Cc2ccsc2)o1. The average Bonchev–Trinajstić information content (AvgIpc) is 2.86. The minimum atomic E-state index is -0.0461. The van der Waals surface area contributed by atoms with Gasteiger partial charge in [0.15, 0.2) is 17.4 Å². The summed E-state index contributed by atoms with van der Waals surface area (Å²) >= 11 is 1.68. The van der Waals surface area contributed by atoms with Gasteiger partial charge in [-0.2, -0.15) is 11.3 Å². The Labute approximate surface area is 98.3 Å². The van der Waals surface area contributed by atoms with Crippen LogP contribution in [0.1, 0.15) is 23.0 Å². The zero-order valence-corrected chi connectivity index (χ0v) is 10.1. The van der Waals surface area contributed by atoms with Gasteiger partial charge in [0.25, 0.3) is 0 Å². The van der Waals surface area contributed by atoms with Gasteiger partial charge in [-0.25, -0.2) is 0 Å². The predicted molar refractivity (Wildman–Crippen MR) is 65.1 cm³/mol. The van der Waals surface area contributed by atoms with Gasteiger partial charge < -0.3 is 9.32 Å². The second kappa shape index (κ2) is 4.53. The van der Waals surface area contributed by atoms with Crippen LogP contribution in [0.2, 0.25) is 0 Å². The van der Waals surface area contributed by atoms with Gasteiger partial charge in [0.1, 0.15) is 0 Å². The molecular formula is C12H13NO2S. The first kappa shape index (κ1) is 11.0. The third-order valence-corrected chi connectivity index (χ3v) is 3.05. The molecule has 84 valence electrons. The van der Waals surface area contributed by atoms with Gasteiger partial charge in [-0.05, 0) is 28.5 Å². The lowest BCUT2D eigenvalue weighted by Gasteiger charge is -2.14. The summed E-state index contributed by atoms with van der Waals surface area (Å²) in [6.45, 7) is 2.29. The third-order valence-electron chi connectivity index (χ3n) is 2.31. The summed E-state index contributed by atoms with van der Waals surface area (Å²) in [6, 6.07) is 5.61. The van der Waals surface area contributed by atoms with E-state index in [0.29, 0.717) is 5.76 Å². The van der Waals surface area contributed by atoms with Crippen molar-refractivity contribution in [2.45, 2.75) is 13.5 Å². The predicted octanol–water partition coefficient (Wildman–Crippen LogP) is 3.18. The zero-order valence-electron chi connectivity index (χ0n) is 9.27. The number of hydrogen-bond donors (Lipinski definition) is 0. The van der Waals surface area contributed by atoms with E-state index in [2.05, 4.69) is 11.4 Å². The number of carbonyl (C=O) groups excluding carboxylic acids is 1. The van der Waals surface area contributed by atoms with Crippen LogP contribution in [0.4, 0.5) is 5.88 Å². The maximum atomic E-state index is 11.1. The van der Waals surface area contributed by atoms with Crippen molar-refractivity contribution in [3.8, 4) is 0 Å². The van der Waals surface area contributed by atoms with Gasteiger partial charge in [0.05, 0.1) is 0 Å². The van der Waals surface area contributed by atoms with Gasteiger partial charge in [-0.15, -0.1) is 0 Å². The molecule has 2 aromatic rings. The van der Waals surface area contributed by atoms with Crippen LogP contribution in [0.3, 0.4) is 0 Å². The van der Waals surface area contributed by atoms with E-state index in [4.69, 9.17) is 4.42 Å². The molecule has 0 unspecified atom stereocenters. The first-order valence-electron chi connectivity index (χ1n) is 5.00. The Kier molecular flexibility index (Phi) is 3.10. The van der Waals surface area contributed by atoms with E-state index in [1.807, 2.05) is 23.4 Å². The average molecular weight is 235 g/mol. The Hall–Kier alpha value is -1.55. The molecule has 0 aliphatic carbocycles. The van der Waals surface area contributed by atoms with Crippen molar-refractivity contribution in [2.75, 3.05) is 11.9 Å². The summed E-state index contributed by atoms with van der Waals surface area (Å²) in [6.07, 6.45) is 0. The molecule has 0 bridgehead atoms. The summed E-state index contributed by atoms with van der Waals surface area (Å²) in [4.78, 5) is 13.1. The molecular weight excluding hydrogens is 222 g/mol. The molecule has 0 spiro atoms. The molecule has 3 nitrogen and oxygen atoms in total. The van der Waals surface area contributed by atoms with Crippen LogP contribution in [0, 0.1) is 0 Å². The molecule has 0 amide bonds. The topological polar surface area (TPSA) is 33.5 Å². The number of rotatable bonds is 4. The molecule has 0 saturated heterocycles. The Morgan fingerprint density at radius 1 is 1.44 bits per heavy atom. The first-order valence-corrected chi connectivity index (χ1v) is 5.94. The maximum absolute atomic E-state index is 11.1. The van der Waals surface area contributed by atoms with Gasteiger partial charge in [0, 0.05) is 26.6 Å². The summed E-state index contributed by atoms with van der Waals surface area (Å²) < 4.78 is 5.44. The summed E-state index contributed by atoms with van der Waals surface area (Å²) in [5.74, 6) is 1.08. The fourth-order valence-corrected chi connectivity index (χ4v) is 2.12. The lowest BCUT2D eigenvalue weighted by Crippen LogP contribution is -2.14. The van der Waals surface area contributed by atoms with Crippen LogP contribution in [0.15, 0.2) is 33.4 Å². The van der Waals surface area contributed by atoms with E-state index < -0.39 is 0 Å². The van der Waals surface area contributed by atoms with E-state index in [1.165, 1.54) is 12.5 Å². The standard InChI is InChI=1S/C12H13NO2S/c1-9(14)11-3-4-12(15-11)13(2)7-10-5-6-16-8-10/h3-6,8H,7H2,1-2H3. The van der Waals surface area contributed by atoms with Crippen LogP contribution in [-0.2, 0) is 6.54 Å². The second-order valence-corrected chi connectivity index (χ2v) is 4.46. The van der Waals surface area contributed by atoms with E-state index in [9.17, 15) is 4.79 Å². The van der Waals surface area contributed by atoms with Crippen molar-refractivity contribution in [3.63, 3.8) is 0 Å². The molecule has 0 aromatic carbocycles. The Morgan fingerprint density at radius 2 is 2.25 bits per heavy atom. The quantitative estimate of drug-likeness (QED) is 0.763. The molecule has 2 heterocycles. The number of hydrogen-bond acceptors (Lipinski definition) is 4. The Bertz CT molecular complexity index is 473. The zero-order chi connectivity index (χ0) is 11.5. The van der Waals surface area contributed by atoms with Crippen LogP contribution in [-0.4, -0.2) is 12.8 Å². The molecule has 0 saturated carbocycles. The number of nitrogens with zero attached hydrogens (tertiary/aromatic N) is 1. The fourth-order valence-electron chi connectivity index (χ4n) is 1.46. The second-order valence-electron chi connectivity index (χ2n) is 3.68. The van der Waals surface area contributed by atoms with Crippen LogP contribution in [0.25, 0.3) is 0 Å². The summed E-state index contributed by atoms with van der Waals surface area (Å²) in [7, 11) is 1.94. The highest BCUT2D eigenvalue weighted by Crippen LogP contribution is 2.20. The van der Waals surface area contributed by atoms with E-state index in [1.54, 1.807) is 17.4 Å². The molecule has 0 aliphatic heterocycles. The normalized spacial score (nSPS) is 10.4. The number of carbonyl (C=O) groups is 1. The summed E-state index contributed by atoms with van der Waals surface area (Å²) in [5, 5.41) is 4.15.